The molecule has 0 aliphatic heterocycles. The van der Waals surface area contributed by atoms with Crippen LogP contribution >= 0.6 is 0 Å². The number of amides is 2. The van der Waals surface area contributed by atoms with Gasteiger partial charge in [-0.05, 0) is 18.4 Å². The minimum atomic E-state index is -0.581. The summed E-state index contributed by atoms with van der Waals surface area (Å²) in [6.07, 6.45) is 1.33. The van der Waals surface area contributed by atoms with Crippen LogP contribution in [0.1, 0.15) is 32.3 Å². The summed E-state index contributed by atoms with van der Waals surface area (Å²) in [4.78, 5) is 27.5. The van der Waals surface area contributed by atoms with E-state index in [0.717, 1.165) is 12.0 Å². The van der Waals surface area contributed by atoms with Crippen molar-refractivity contribution in [3.05, 3.63) is 54.1 Å². The smallest absolute Gasteiger partial charge is 0.261 e. The topological polar surface area (TPSA) is 77.1 Å². The summed E-state index contributed by atoms with van der Waals surface area (Å²) in [6.45, 7) is 4.58. The van der Waals surface area contributed by atoms with Gasteiger partial charge in [-0.2, -0.15) is 0 Å². The van der Waals surface area contributed by atoms with E-state index in [1.807, 2.05) is 44.2 Å². The van der Waals surface area contributed by atoms with Crippen molar-refractivity contribution in [2.45, 2.75) is 39.3 Å². The average Bonchev–Trinajstić information content (AvgIpc) is 2.81. The highest BCUT2D eigenvalue weighted by molar-refractivity contribution is 5.88. The first-order chi connectivity index (χ1) is 15.0. The van der Waals surface area contributed by atoms with Crippen molar-refractivity contribution in [1.29, 1.82) is 0 Å². The SMILES string of the molecule is CCCNC(=O)[C@@H](CC)N(Cc1ccccc1)C(=O)COc1cc(OC)cc(OC)c1. The van der Waals surface area contributed by atoms with Crippen molar-refractivity contribution in [2.24, 2.45) is 0 Å². The van der Waals surface area contributed by atoms with E-state index in [1.54, 1.807) is 37.3 Å². The van der Waals surface area contributed by atoms with Gasteiger partial charge in [0, 0.05) is 31.3 Å². The van der Waals surface area contributed by atoms with Gasteiger partial charge in [-0.1, -0.05) is 44.2 Å². The van der Waals surface area contributed by atoms with Gasteiger partial charge in [-0.3, -0.25) is 9.59 Å². The molecule has 2 aromatic rings. The Bertz CT molecular complexity index is 819. The second-order valence-electron chi connectivity index (χ2n) is 7.06. The zero-order chi connectivity index (χ0) is 22.6. The summed E-state index contributed by atoms with van der Waals surface area (Å²) in [7, 11) is 3.10. The average molecular weight is 429 g/mol. The molecule has 2 amide bonds. The van der Waals surface area contributed by atoms with Gasteiger partial charge in [-0.15, -0.1) is 0 Å². The molecule has 0 aliphatic rings. The third-order valence-corrected chi connectivity index (χ3v) is 4.82. The van der Waals surface area contributed by atoms with Gasteiger partial charge in [0.25, 0.3) is 5.91 Å². The first-order valence-electron chi connectivity index (χ1n) is 10.5. The quantitative estimate of drug-likeness (QED) is 0.561. The van der Waals surface area contributed by atoms with E-state index in [9.17, 15) is 9.59 Å². The van der Waals surface area contributed by atoms with E-state index in [1.165, 1.54) is 0 Å². The van der Waals surface area contributed by atoms with Crippen LogP contribution in [0.2, 0.25) is 0 Å². The fourth-order valence-corrected chi connectivity index (χ4v) is 3.16. The fraction of sp³-hybridized carbons (Fsp3) is 0.417. The number of benzene rings is 2. The molecule has 168 valence electrons. The number of ether oxygens (including phenoxy) is 3. The van der Waals surface area contributed by atoms with Gasteiger partial charge in [0.05, 0.1) is 14.2 Å². The molecule has 0 radical (unpaired) electrons. The molecule has 1 N–H and O–H groups in total. The summed E-state index contributed by atoms with van der Waals surface area (Å²) >= 11 is 0. The molecule has 0 unspecified atom stereocenters. The monoisotopic (exact) mass is 428 g/mol. The first-order valence-corrected chi connectivity index (χ1v) is 10.5. The van der Waals surface area contributed by atoms with E-state index >= 15 is 0 Å². The van der Waals surface area contributed by atoms with Gasteiger partial charge < -0.3 is 24.4 Å². The Morgan fingerprint density at radius 3 is 2.13 bits per heavy atom. The van der Waals surface area contributed by atoms with Crippen molar-refractivity contribution in [2.75, 3.05) is 27.4 Å². The Hall–Kier alpha value is -3.22. The largest absolute Gasteiger partial charge is 0.496 e. The third kappa shape index (κ3) is 7.20. The lowest BCUT2D eigenvalue weighted by atomic mass is 10.1. The molecule has 0 saturated carbocycles. The third-order valence-electron chi connectivity index (χ3n) is 4.82. The summed E-state index contributed by atoms with van der Waals surface area (Å²) in [5.41, 5.74) is 0.945. The van der Waals surface area contributed by atoms with E-state index in [2.05, 4.69) is 5.32 Å². The molecular formula is C24H32N2O5. The molecular weight excluding hydrogens is 396 g/mol. The Kier molecular flexibility index (Phi) is 9.68. The highest BCUT2D eigenvalue weighted by Gasteiger charge is 2.28. The van der Waals surface area contributed by atoms with E-state index in [4.69, 9.17) is 14.2 Å². The minimum Gasteiger partial charge on any atom is -0.496 e. The highest BCUT2D eigenvalue weighted by Crippen LogP contribution is 2.27. The van der Waals surface area contributed by atoms with Crippen LogP contribution in [0.25, 0.3) is 0 Å². The van der Waals surface area contributed by atoms with Crippen molar-refractivity contribution in [3.63, 3.8) is 0 Å². The number of hydrogen-bond donors (Lipinski definition) is 1. The molecule has 0 aliphatic carbocycles. The second kappa shape index (κ2) is 12.5. The second-order valence-corrected chi connectivity index (χ2v) is 7.06. The minimum absolute atomic E-state index is 0.156. The van der Waals surface area contributed by atoms with Gasteiger partial charge in [0.1, 0.15) is 23.3 Å². The molecule has 0 bridgehead atoms. The summed E-state index contributed by atoms with van der Waals surface area (Å²) in [5, 5.41) is 2.90. The van der Waals surface area contributed by atoms with Crippen LogP contribution in [0.3, 0.4) is 0 Å². The van der Waals surface area contributed by atoms with E-state index in [0.29, 0.717) is 36.8 Å². The number of carbonyl (C=O) groups is 2. The van der Waals surface area contributed by atoms with Crippen LogP contribution in [0.15, 0.2) is 48.5 Å². The van der Waals surface area contributed by atoms with Crippen LogP contribution in [-0.4, -0.2) is 50.1 Å². The van der Waals surface area contributed by atoms with Crippen LogP contribution < -0.4 is 19.5 Å². The van der Waals surface area contributed by atoms with Gasteiger partial charge in [-0.25, -0.2) is 0 Å². The fourth-order valence-electron chi connectivity index (χ4n) is 3.16. The molecule has 0 spiro atoms. The maximum atomic E-state index is 13.2. The molecule has 7 nitrogen and oxygen atoms in total. The van der Waals surface area contributed by atoms with Gasteiger partial charge in [0.15, 0.2) is 6.61 Å². The number of carbonyl (C=O) groups excluding carboxylic acids is 2. The van der Waals surface area contributed by atoms with Crippen molar-refractivity contribution >= 4 is 11.8 Å². The van der Waals surface area contributed by atoms with Gasteiger partial charge >= 0.3 is 0 Å². The molecule has 7 heteroatoms. The Morgan fingerprint density at radius 1 is 0.968 bits per heavy atom. The molecule has 2 aromatic carbocycles. The zero-order valence-corrected chi connectivity index (χ0v) is 18.7. The maximum Gasteiger partial charge on any atom is 0.261 e. The van der Waals surface area contributed by atoms with Crippen molar-refractivity contribution < 1.29 is 23.8 Å². The zero-order valence-electron chi connectivity index (χ0n) is 18.7. The number of hydrogen-bond acceptors (Lipinski definition) is 5. The normalized spacial score (nSPS) is 11.4. The molecule has 2 rings (SSSR count). The Balaban J connectivity index is 2.19. The molecule has 31 heavy (non-hydrogen) atoms. The summed E-state index contributed by atoms with van der Waals surface area (Å²) < 4.78 is 16.2. The summed E-state index contributed by atoms with van der Waals surface area (Å²) in [6, 6.07) is 14.1. The highest BCUT2D eigenvalue weighted by atomic mass is 16.5. The summed E-state index contributed by atoms with van der Waals surface area (Å²) in [5.74, 6) is 1.15. The number of nitrogens with zero attached hydrogens (tertiary/aromatic N) is 1. The van der Waals surface area contributed by atoms with Crippen LogP contribution in [0.5, 0.6) is 17.2 Å². The van der Waals surface area contributed by atoms with E-state index < -0.39 is 6.04 Å². The maximum absolute atomic E-state index is 13.2. The lowest BCUT2D eigenvalue weighted by molar-refractivity contribution is -0.143. The van der Waals surface area contributed by atoms with Crippen LogP contribution in [-0.2, 0) is 16.1 Å². The number of rotatable bonds is 12. The Morgan fingerprint density at radius 2 is 1.58 bits per heavy atom. The molecule has 0 fully saturated rings. The molecule has 0 heterocycles. The lowest BCUT2D eigenvalue weighted by Crippen LogP contribution is -2.50. The van der Waals surface area contributed by atoms with Crippen molar-refractivity contribution in [1.82, 2.24) is 10.2 Å². The van der Waals surface area contributed by atoms with E-state index in [-0.39, 0.29) is 18.4 Å². The molecule has 1 atom stereocenters. The standard InChI is InChI=1S/C24H32N2O5/c1-5-12-25-24(28)22(6-2)26(16-18-10-8-7-9-11-18)23(27)17-31-21-14-19(29-3)13-20(15-21)30-4/h7-11,13-15,22H,5-6,12,16-17H2,1-4H3,(H,25,28)/t22-/m1/s1. The van der Waals surface area contributed by atoms with Crippen LogP contribution in [0.4, 0.5) is 0 Å². The van der Waals surface area contributed by atoms with Crippen LogP contribution in [0, 0.1) is 0 Å². The first kappa shape index (κ1) is 24.1. The Labute approximate surface area is 184 Å². The van der Waals surface area contributed by atoms with Crippen molar-refractivity contribution in [3.8, 4) is 17.2 Å². The molecule has 0 aromatic heterocycles. The predicted molar refractivity (Wildman–Crippen MR) is 119 cm³/mol. The lowest BCUT2D eigenvalue weighted by Gasteiger charge is -2.30. The predicted octanol–water partition coefficient (Wildman–Crippen LogP) is 3.42. The number of nitrogens with one attached hydrogen (secondary N) is 1. The molecule has 0 saturated heterocycles. The van der Waals surface area contributed by atoms with Gasteiger partial charge in [0.2, 0.25) is 5.91 Å². The number of methoxy groups -OCH3 is 2.